The van der Waals surface area contributed by atoms with E-state index in [4.69, 9.17) is 47.4 Å². The summed E-state index contributed by atoms with van der Waals surface area (Å²) in [7, 11) is 0. The van der Waals surface area contributed by atoms with E-state index in [1.807, 2.05) is 83.1 Å². The molecule has 0 aromatic carbocycles. The Labute approximate surface area is 847 Å². The number of hydrogen-bond acceptors (Lipinski definition) is 17. The predicted molar refractivity (Wildman–Crippen MR) is 561 cm³/mol. The lowest BCUT2D eigenvalue weighted by atomic mass is 9.49. The minimum Gasteiger partial charge on any atom is -0.462 e. The molecule has 0 aliphatic heterocycles. The van der Waals surface area contributed by atoms with Crippen LogP contribution in [0.2, 0.25) is 0 Å². The second-order valence-electron chi connectivity index (χ2n) is 52.8. The monoisotopic (exact) mass is 1940 g/mol. The van der Waals surface area contributed by atoms with Gasteiger partial charge in [0.15, 0.2) is 19.9 Å². The number of ether oxygens (including phenoxy) is 10. The van der Waals surface area contributed by atoms with Gasteiger partial charge < -0.3 is 47.4 Å². The summed E-state index contributed by atoms with van der Waals surface area (Å²) in [6.07, 6.45) is 38.9. The second kappa shape index (κ2) is 45.1. The summed E-state index contributed by atoms with van der Waals surface area (Å²) in [5, 5.41) is 0. The molecule has 22 fully saturated rings. The van der Waals surface area contributed by atoms with Gasteiger partial charge in [-0.05, 0) is 436 Å². The van der Waals surface area contributed by atoms with Gasteiger partial charge in [0.2, 0.25) is 0 Å². The van der Waals surface area contributed by atoms with Crippen LogP contribution in [0, 0.1) is 209 Å². The van der Waals surface area contributed by atoms with E-state index in [2.05, 4.69) is 90.0 Å². The quantitative estimate of drug-likeness (QED) is 0.0341. The van der Waals surface area contributed by atoms with Crippen LogP contribution in [0.4, 0.5) is 0 Å². The zero-order chi connectivity index (χ0) is 92.4. The van der Waals surface area contributed by atoms with Crippen molar-refractivity contribution < 1.29 is 80.9 Å². The lowest BCUT2D eigenvalue weighted by molar-refractivity contribution is -0.217. The molecule has 28 atom stereocenters. The fourth-order valence-corrected chi connectivity index (χ4v) is 35.0. The molecule has 0 saturated heterocycles. The number of hydrogen-bond donors (Lipinski definition) is 0. The zero-order valence-corrected chi connectivity index (χ0v) is 84.7. The summed E-state index contributed by atoms with van der Waals surface area (Å²) in [5.74, 6) is 15.4. The Morgan fingerprint density at radius 2 is 0.674 bits per heavy atom. The molecule has 22 aliphatic rings. The molecule has 22 aliphatic carbocycles. The fraction of sp³-hybridized carbons (Fsp3) is 0.942. The normalized spacial score (nSPS) is 42.4. The average molecular weight is 1950 g/mol. The van der Waals surface area contributed by atoms with Gasteiger partial charge in [0, 0.05) is 0 Å². The smallest absolute Gasteiger partial charge is 0.313 e. The van der Waals surface area contributed by atoms with Crippen molar-refractivity contribution in [2.45, 2.75) is 507 Å². The third-order valence-electron chi connectivity index (χ3n) is 43.3. The largest absolute Gasteiger partial charge is 0.462 e. The highest BCUT2D eigenvalue weighted by molar-refractivity contribution is 5.78. The Balaban J connectivity index is 0.000000267. The first-order valence-electron chi connectivity index (χ1n) is 53.4. The van der Waals surface area contributed by atoms with E-state index < -0.39 is 22.5 Å². The minimum absolute atomic E-state index is 0. The summed E-state index contributed by atoms with van der Waals surface area (Å²) in [6, 6.07) is 0. The van der Waals surface area contributed by atoms with Crippen LogP contribution in [0.3, 0.4) is 0 Å². The number of fused-ring (bicyclic) bond motifs is 24. The van der Waals surface area contributed by atoms with E-state index >= 15 is 0 Å². The first-order valence-corrected chi connectivity index (χ1v) is 53.4. The van der Waals surface area contributed by atoms with Gasteiger partial charge in [0.1, 0.15) is 23.4 Å². The first kappa shape index (κ1) is 123. The van der Waals surface area contributed by atoms with Crippen LogP contribution in [0.5, 0.6) is 0 Å². The van der Waals surface area contributed by atoms with Crippen LogP contribution in [0.25, 0.3) is 0 Å². The van der Waals surface area contributed by atoms with Crippen LogP contribution < -0.4 is 0 Å². The summed E-state index contributed by atoms with van der Waals surface area (Å²) < 4.78 is 59.9. The van der Waals surface area contributed by atoms with Gasteiger partial charge in [-0.1, -0.05) is 192 Å². The van der Waals surface area contributed by atoms with Gasteiger partial charge >= 0.3 is 41.8 Å². The highest BCUT2D eigenvalue weighted by Gasteiger charge is 2.72. The molecule has 22 bridgehead atoms. The van der Waals surface area contributed by atoms with E-state index in [9.17, 15) is 33.6 Å². The molecular formula is C121H218O17. The van der Waals surface area contributed by atoms with Gasteiger partial charge in [-0.15, -0.1) is 0 Å². The van der Waals surface area contributed by atoms with Crippen LogP contribution in [-0.4, -0.2) is 103 Å². The molecule has 0 heterocycles. The molecule has 28 unspecified atom stereocenters. The molecule has 0 N–H and O–H groups in total. The van der Waals surface area contributed by atoms with Crippen molar-refractivity contribution in [3.8, 4) is 0 Å². The maximum atomic E-state index is 13.9. The molecule has 17 heteroatoms. The Kier molecular flexibility index (Phi) is 40.1. The number of rotatable bonds is 26. The van der Waals surface area contributed by atoms with Crippen LogP contribution >= 0.6 is 0 Å². The first-order chi connectivity index (χ1) is 60.1. The van der Waals surface area contributed by atoms with Crippen molar-refractivity contribution in [1.29, 1.82) is 0 Å². The molecule has 138 heavy (non-hydrogen) atoms. The number of esters is 7. The molecule has 17 nitrogen and oxygen atoms in total. The standard InChI is InChI=1S/C31H46O4.C30H44O4.2C17H30O3.C16H28O3.10CH4/c1-5-30(3,4)29(33)34-25-15-19-14-24(25)27-22-12-18(26(19)27)13-23(22)28(32)35-31(6-2)20-8-16-7-17(10-20)11-21(31)9-16;1-5-29(2,3)28(32)33-24-14-18-13-23(24)26-21-11-17(25(18)26)12-22(21)27(31)34-30(4)19-7-15-6-16(9-19)10-20(30)8-15;1-7-15(2,3)14(18)20-11-19-13-16(4,5)12-8-9-17(13,6)10-12;1-7-11(2)14(18)19-12(3)20-15-16(4,5)13-8-9-17(15,6)10-13;1-6-11(2)13(17)18-10-19-14-15(3,4)12-7-8-16(14,5)9-12;;;;;;;;;;/h16-27H,5-15H2,1-4H3;15-26H,5-14H2,1-4H3;12-13H,7-11H2,1-6H3;11-13,15H,7-10H2,1-6H3;11-12,14H,6-10H2,1-5H3;10*1H4. The molecular weight excluding hydrogens is 1730 g/mol. The molecule has 0 amide bonds. The third-order valence-corrected chi connectivity index (χ3v) is 43.3. The lowest BCUT2D eigenvalue weighted by Crippen LogP contribution is -2.60. The maximum absolute atomic E-state index is 13.9. The molecule has 804 valence electrons. The van der Waals surface area contributed by atoms with Crippen molar-refractivity contribution in [3.05, 3.63) is 0 Å². The summed E-state index contributed by atoms with van der Waals surface area (Å²) >= 11 is 0. The Morgan fingerprint density at radius 1 is 0.348 bits per heavy atom. The van der Waals surface area contributed by atoms with Crippen LogP contribution in [-0.2, 0) is 80.9 Å². The average Bonchev–Trinajstić information content (AvgIpc) is 1.56. The Hall–Kier alpha value is -3.83. The van der Waals surface area contributed by atoms with Crippen molar-refractivity contribution in [1.82, 2.24) is 0 Å². The van der Waals surface area contributed by atoms with Crippen LogP contribution in [0.15, 0.2) is 0 Å². The van der Waals surface area contributed by atoms with Gasteiger partial charge in [0.05, 0.1) is 58.2 Å². The Morgan fingerprint density at radius 3 is 1.02 bits per heavy atom. The van der Waals surface area contributed by atoms with E-state index in [1.54, 1.807) is 0 Å². The van der Waals surface area contributed by atoms with Crippen molar-refractivity contribution in [3.63, 3.8) is 0 Å². The van der Waals surface area contributed by atoms with Crippen LogP contribution in [0.1, 0.15) is 459 Å². The topological polar surface area (TPSA) is 212 Å². The highest BCUT2D eigenvalue weighted by Crippen LogP contribution is 2.74. The van der Waals surface area contributed by atoms with E-state index in [0.717, 1.165) is 117 Å². The molecule has 0 aromatic heterocycles. The summed E-state index contributed by atoms with van der Waals surface area (Å²) in [5.41, 5.74) is -0.250. The fourth-order valence-electron chi connectivity index (χ4n) is 35.0. The molecule has 22 rings (SSSR count). The third kappa shape index (κ3) is 21.8. The summed E-state index contributed by atoms with van der Waals surface area (Å²) in [6.45, 7) is 53.1. The minimum atomic E-state index is -0.447. The van der Waals surface area contributed by atoms with Gasteiger partial charge in [-0.25, -0.2) is 0 Å². The van der Waals surface area contributed by atoms with Gasteiger partial charge in [0.25, 0.3) is 0 Å². The van der Waals surface area contributed by atoms with Crippen molar-refractivity contribution in [2.24, 2.45) is 209 Å². The van der Waals surface area contributed by atoms with E-state index in [0.29, 0.717) is 82.9 Å². The molecule has 0 aromatic rings. The molecule has 22 saturated carbocycles. The second-order valence-corrected chi connectivity index (χ2v) is 52.8. The van der Waals surface area contributed by atoms with Crippen molar-refractivity contribution in [2.75, 3.05) is 13.6 Å². The SMILES string of the molecule is C.C.C.C.C.C.C.C.C.C.CCC(C)(C)C(=O)OC1CC2CC1C1C3CC(CC3C(=O)OC3(C)C4CC5CC(C4)CC3C5)C21.CCC(C)(C)C(=O)OC1CC2CC1C1C3CC(CC3C(=O)OC3(CC)C4CC5CC(C4)CC3C5)C21.CCC(C)(C)C(=O)OCOC1C2(C)CCC(C2)C1(C)C.CCC(C)C(=O)OC(C)OC1C2(C)CCC(C2)C1(C)C.CCC(C)C(=O)OCOC1C2(C)CCC(C2)C1(C)C. The number of carbonyl (C=O) groups excluding carboxylic acids is 7. The maximum Gasteiger partial charge on any atom is 0.313 e. The highest BCUT2D eigenvalue weighted by atomic mass is 16.7. The molecule has 0 spiro atoms. The lowest BCUT2D eigenvalue weighted by Gasteiger charge is -2.60. The van der Waals surface area contributed by atoms with E-state index in [-0.39, 0.29) is 228 Å². The Bertz CT molecular complexity index is 3960. The molecule has 0 radical (unpaired) electrons. The predicted octanol–water partition coefficient (Wildman–Crippen LogP) is 30.9. The van der Waals surface area contributed by atoms with Crippen molar-refractivity contribution >= 4 is 41.8 Å². The van der Waals surface area contributed by atoms with Gasteiger partial charge in [-0.2, -0.15) is 0 Å². The zero-order valence-electron chi connectivity index (χ0n) is 84.7. The number of carbonyl (C=O) groups is 7. The summed E-state index contributed by atoms with van der Waals surface area (Å²) in [4.78, 5) is 88.8. The van der Waals surface area contributed by atoms with E-state index in [1.165, 1.54) is 148 Å². The van der Waals surface area contributed by atoms with Gasteiger partial charge in [-0.3, -0.25) is 33.6 Å².